The van der Waals surface area contributed by atoms with Crippen molar-refractivity contribution in [2.75, 3.05) is 11.3 Å². The van der Waals surface area contributed by atoms with Crippen LogP contribution in [0, 0.1) is 0 Å². The van der Waals surface area contributed by atoms with Crippen molar-refractivity contribution in [3.05, 3.63) is 65.2 Å². The lowest BCUT2D eigenvalue weighted by Gasteiger charge is -2.09. The first-order valence-corrected chi connectivity index (χ1v) is 9.76. The molecule has 0 aliphatic carbocycles. The molecule has 0 radical (unpaired) electrons. The first-order chi connectivity index (χ1) is 13.3. The van der Waals surface area contributed by atoms with Gasteiger partial charge in [0.1, 0.15) is 0 Å². The van der Waals surface area contributed by atoms with E-state index < -0.39 is 27.8 Å². The van der Waals surface area contributed by atoms with Crippen molar-refractivity contribution in [2.45, 2.75) is 11.8 Å². The van der Waals surface area contributed by atoms with Crippen LogP contribution in [-0.2, 0) is 19.6 Å². The number of carbonyl (C=O) groups excluding carboxylic acids is 3. The van der Waals surface area contributed by atoms with Gasteiger partial charge in [-0.3, -0.25) is 19.6 Å². The Balaban J connectivity index is 1.76. The van der Waals surface area contributed by atoms with Crippen LogP contribution in [0.5, 0.6) is 0 Å². The summed E-state index contributed by atoms with van der Waals surface area (Å²) in [5.41, 5.74) is 1.15. The van der Waals surface area contributed by atoms with Crippen molar-refractivity contribution in [1.82, 2.24) is 5.32 Å². The molecule has 1 aliphatic heterocycles. The number of sulfonamides is 1. The predicted molar refractivity (Wildman–Crippen MR) is 101 cm³/mol. The molecule has 2 aromatic rings. The second kappa shape index (κ2) is 7.65. The highest BCUT2D eigenvalue weighted by Crippen LogP contribution is 2.22. The normalized spacial score (nSPS) is 13.3. The topological polar surface area (TPSA) is 119 Å². The number of hydrogen-bond acceptors (Lipinski definition) is 6. The molecule has 2 N–H and O–H groups in total. The minimum Gasteiger partial charge on any atom is -0.463 e. The third-order valence-corrected chi connectivity index (χ3v) is 5.26. The van der Waals surface area contributed by atoms with Gasteiger partial charge in [0.05, 0.1) is 22.6 Å². The summed E-state index contributed by atoms with van der Waals surface area (Å²) in [4.78, 5) is 34.4. The fraction of sp³-hybridized carbons (Fsp3) is 0.105. The first kappa shape index (κ1) is 19.3. The van der Waals surface area contributed by atoms with Crippen LogP contribution in [0.3, 0.4) is 0 Å². The van der Waals surface area contributed by atoms with E-state index in [1.54, 1.807) is 25.1 Å². The molecule has 2 aromatic carbocycles. The maximum Gasteiger partial charge on any atom is 0.330 e. The second-order valence-corrected chi connectivity index (χ2v) is 7.49. The number of esters is 1. The number of fused-ring (bicyclic) bond motifs is 1. The molecule has 9 heteroatoms. The summed E-state index contributed by atoms with van der Waals surface area (Å²) in [6.07, 6.45) is 2.83. The highest BCUT2D eigenvalue weighted by Gasteiger charge is 2.28. The molecular formula is C19H16N2O6S. The Morgan fingerprint density at radius 2 is 1.75 bits per heavy atom. The number of carbonyl (C=O) groups is 3. The van der Waals surface area contributed by atoms with Crippen molar-refractivity contribution >= 4 is 39.6 Å². The molecule has 0 aromatic heterocycles. The van der Waals surface area contributed by atoms with Crippen LogP contribution < -0.4 is 10.0 Å². The summed E-state index contributed by atoms with van der Waals surface area (Å²) in [5, 5.41) is 2.11. The summed E-state index contributed by atoms with van der Waals surface area (Å²) in [7, 11) is -3.96. The molecule has 0 spiro atoms. The van der Waals surface area contributed by atoms with Crippen molar-refractivity contribution in [1.29, 1.82) is 0 Å². The van der Waals surface area contributed by atoms with Crippen LogP contribution in [0.1, 0.15) is 33.2 Å². The van der Waals surface area contributed by atoms with E-state index in [9.17, 15) is 22.8 Å². The van der Waals surface area contributed by atoms with Crippen molar-refractivity contribution in [2.24, 2.45) is 0 Å². The molecule has 8 nitrogen and oxygen atoms in total. The zero-order valence-corrected chi connectivity index (χ0v) is 15.6. The second-order valence-electron chi connectivity index (χ2n) is 5.80. The summed E-state index contributed by atoms with van der Waals surface area (Å²) >= 11 is 0. The van der Waals surface area contributed by atoms with E-state index in [1.165, 1.54) is 30.3 Å². The van der Waals surface area contributed by atoms with Crippen LogP contribution in [-0.4, -0.2) is 32.8 Å². The lowest BCUT2D eigenvalue weighted by Crippen LogP contribution is -2.19. The van der Waals surface area contributed by atoms with Crippen LogP contribution >= 0.6 is 0 Å². The minimum atomic E-state index is -3.96. The van der Waals surface area contributed by atoms with E-state index in [-0.39, 0.29) is 22.6 Å². The highest BCUT2D eigenvalue weighted by molar-refractivity contribution is 7.92. The SMILES string of the molecule is CCOC(=O)/C=C/c1ccc(NS(=O)(=O)c2ccc3c(c2)C(=O)NC3=O)cc1. The molecule has 0 bridgehead atoms. The molecule has 0 unspecified atom stereocenters. The predicted octanol–water partition coefficient (Wildman–Crippen LogP) is 1.95. The smallest absolute Gasteiger partial charge is 0.330 e. The standard InChI is InChI=1S/C19H16N2O6S/c1-2-27-17(22)10-5-12-3-6-13(7-4-12)21-28(25,26)14-8-9-15-16(11-14)19(24)20-18(15)23/h3-11,21H,2H2,1H3,(H,20,23,24)/b10-5+. The Hall–Kier alpha value is -3.46. The van der Waals surface area contributed by atoms with E-state index in [0.717, 1.165) is 6.07 Å². The Kier molecular flexibility index (Phi) is 5.27. The number of ether oxygens (including phenoxy) is 1. The summed E-state index contributed by atoms with van der Waals surface area (Å²) in [6.45, 7) is 1.99. The van der Waals surface area contributed by atoms with Gasteiger partial charge in [0, 0.05) is 11.8 Å². The molecule has 2 amide bonds. The monoisotopic (exact) mass is 400 g/mol. The Labute approximate surface area is 161 Å². The molecule has 1 aliphatic rings. The maximum absolute atomic E-state index is 12.6. The van der Waals surface area contributed by atoms with Gasteiger partial charge in [-0.15, -0.1) is 0 Å². The average Bonchev–Trinajstić information content (AvgIpc) is 2.95. The summed E-state index contributed by atoms with van der Waals surface area (Å²) < 4.78 is 32.3. The molecule has 0 fully saturated rings. The van der Waals surface area contributed by atoms with Crippen LogP contribution in [0.25, 0.3) is 6.08 Å². The zero-order valence-electron chi connectivity index (χ0n) is 14.8. The molecular weight excluding hydrogens is 384 g/mol. The van der Waals surface area contributed by atoms with Crippen LogP contribution in [0.2, 0.25) is 0 Å². The Bertz CT molecular complexity index is 1090. The first-order valence-electron chi connectivity index (χ1n) is 8.27. The van der Waals surface area contributed by atoms with Gasteiger partial charge >= 0.3 is 5.97 Å². The molecule has 1 heterocycles. The van der Waals surface area contributed by atoms with Gasteiger partial charge in [-0.05, 0) is 48.9 Å². The van der Waals surface area contributed by atoms with Crippen molar-refractivity contribution < 1.29 is 27.5 Å². The number of nitrogens with one attached hydrogen (secondary N) is 2. The van der Waals surface area contributed by atoms with Gasteiger partial charge in [-0.2, -0.15) is 0 Å². The number of anilines is 1. The fourth-order valence-electron chi connectivity index (χ4n) is 2.55. The largest absolute Gasteiger partial charge is 0.463 e. The Morgan fingerprint density at radius 3 is 2.43 bits per heavy atom. The maximum atomic E-state index is 12.6. The average molecular weight is 400 g/mol. The number of benzene rings is 2. The molecule has 0 saturated carbocycles. The fourth-order valence-corrected chi connectivity index (χ4v) is 3.63. The minimum absolute atomic E-state index is 0.0207. The number of hydrogen-bond donors (Lipinski definition) is 2. The van der Waals surface area contributed by atoms with E-state index in [2.05, 4.69) is 10.0 Å². The van der Waals surface area contributed by atoms with E-state index in [4.69, 9.17) is 4.74 Å². The lowest BCUT2D eigenvalue weighted by molar-refractivity contribution is -0.137. The van der Waals surface area contributed by atoms with Gasteiger partial charge < -0.3 is 4.74 Å². The third-order valence-electron chi connectivity index (χ3n) is 3.88. The molecule has 0 atom stereocenters. The molecule has 144 valence electrons. The van der Waals surface area contributed by atoms with E-state index in [0.29, 0.717) is 11.3 Å². The summed E-state index contributed by atoms with van der Waals surface area (Å²) in [6, 6.07) is 10.0. The summed E-state index contributed by atoms with van der Waals surface area (Å²) in [5.74, 6) is -1.65. The lowest BCUT2D eigenvalue weighted by atomic mass is 10.1. The quantitative estimate of drug-likeness (QED) is 0.435. The van der Waals surface area contributed by atoms with Gasteiger partial charge in [0.2, 0.25) is 0 Å². The van der Waals surface area contributed by atoms with Crippen molar-refractivity contribution in [3.8, 4) is 0 Å². The van der Waals surface area contributed by atoms with Crippen molar-refractivity contribution in [3.63, 3.8) is 0 Å². The number of rotatable bonds is 6. The molecule has 0 saturated heterocycles. The molecule has 3 rings (SSSR count). The highest BCUT2D eigenvalue weighted by atomic mass is 32.2. The van der Waals surface area contributed by atoms with E-state index in [1.807, 2.05) is 0 Å². The van der Waals surface area contributed by atoms with Gasteiger partial charge in [-0.25, -0.2) is 13.2 Å². The van der Waals surface area contributed by atoms with Gasteiger partial charge in [-0.1, -0.05) is 12.1 Å². The third kappa shape index (κ3) is 4.09. The van der Waals surface area contributed by atoms with E-state index >= 15 is 0 Å². The number of imide groups is 1. The Morgan fingerprint density at radius 1 is 1.07 bits per heavy atom. The van der Waals surface area contributed by atoms with Crippen LogP contribution in [0.4, 0.5) is 5.69 Å². The van der Waals surface area contributed by atoms with Gasteiger partial charge in [0.15, 0.2) is 0 Å². The van der Waals surface area contributed by atoms with Gasteiger partial charge in [0.25, 0.3) is 21.8 Å². The zero-order chi connectivity index (χ0) is 20.3. The van der Waals surface area contributed by atoms with Crippen LogP contribution in [0.15, 0.2) is 53.4 Å². The molecule has 28 heavy (non-hydrogen) atoms. The number of amides is 2.